The van der Waals surface area contributed by atoms with E-state index in [-0.39, 0.29) is 17.5 Å². The largest absolute Gasteiger partial charge is 0.356 e. The molecule has 0 amide bonds. The maximum atomic E-state index is 13.7. The molecule has 2 heterocycles. The minimum absolute atomic E-state index is 0.102. The fourth-order valence-corrected chi connectivity index (χ4v) is 4.37. The smallest absolute Gasteiger partial charge is 0.147 e. The molecule has 1 aliphatic rings. The van der Waals surface area contributed by atoms with E-state index in [0.29, 0.717) is 17.6 Å². The van der Waals surface area contributed by atoms with Crippen molar-refractivity contribution in [2.24, 2.45) is 5.92 Å². The van der Waals surface area contributed by atoms with E-state index in [1.165, 1.54) is 18.6 Å². The van der Waals surface area contributed by atoms with Gasteiger partial charge in [0.05, 0.1) is 11.3 Å². The molecule has 3 rings (SSSR count). The third-order valence-electron chi connectivity index (χ3n) is 4.25. The first kappa shape index (κ1) is 16.1. The summed E-state index contributed by atoms with van der Waals surface area (Å²) in [5.74, 6) is 0.776. The van der Waals surface area contributed by atoms with E-state index >= 15 is 0 Å². The fraction of sp³-hybridized carbons (Fsp3) is 0.500. The van der Waals surface area contributed by atoms with Gasteiger partial charge in [0.15, 0.2) is 0 Å². The zero-order valence-corrected chi connectivity index (χ0v) is 14.1. The van der Waals surface area contributed by atoms with Crippen LogP contribution < -0.4 is 4.90 Å². The molecule has 0 N–H and O–H groups in total. The molecule has 23 heavy (non-hydrogen) atoms. The molecular formula is C16H20FN3O2S. The summed E-state index contributed by atoms with van der Waals surface area (Å²) in [6.07, 6.45) is 4.54. The summed E-state index contributed by atoms with van der Waals surface area (Å²) in [6, 6.07) is 3.19. The minimum Gasteiger partial charge on any atom is -0.356 e. The second kappa shape index (κ2) is 6.03. The number of aromatic nitrogens is 2. The van der Waals surface area contributed by atoms with Crippen LogP contribution in [0.1, 0.15) is 18.4 Å². The number of sulfone groups is 1. The molecular weight excluding hydrogens is 317 g/mol. The predicted molar refractivity (Wildman–Crippen MR) is 88.9 cm³/mol. The predicted octanol–water partition coefficient (Wildman–Crippen LogP) is 2.34. The van der Waals surface area contributed by atoms with Crippen LogP contribution in [0.4, 0.5) is 10.2 Å². The molecule has 1 saturated heterocycles. The van der Waals surface area contributed by atoms with Crippen molar-refractivity contribution in [2.75, 3.05) is 30.0 Å². The number of nitrogens with zero attached hydrogens (tertiary/aromatic N) is 3. The van der Waals surface area contributed by atoms with Crippen LogP contribution in [0, 0.1) is 18.7 Å². The lowest BCUT2D eigenvalue weighted by Gasteiger charge is -2.33. The number of hydrogen-bond acceptors (Lipinski definition) is 5. The van der Waals surface area contributed by atoms with Gasteiger partial charge in [0.25, 0.3) is 0 Å². The molecule has 1 unspecified atom stereocenters. The average Bonchev–Trinajstić information content (AvgIpc) is 2.46. The van der Waals surface area contributed by atoms with E-state index < -0.39 is 9.84 Å². The number of rotatable bonds is 3. The molecule has 0 saturated carbocycles. The lowest BCUT2D eigenvalue weighted by molar-refractivity contribution is 0.443. The van der Waals surface area contributed by atoms with E-state index in [1.807, 2.05) is 0 Å². The molecule has 5 nitrogen and oxygen atoms in total. The number of hydrogen-bond donors (Lipinski definition) is 0. The van der Waals surface area contributed by atoms with Gasteiger partial charge in [-0.3, -0.25) is 0 Å². The molecule has 0 bridgehead atoms. The summed E-state index contributed by atoms with van der Waals surface area (Å²) in [4.78, 5) is 10.6. The van der Waals surface area contributed by atoms with Crippen LogP contribution in [0.3, 0.4) is 0 Å². The standard InChI is InChI=1S/C16H20FN3O2S/c1-11-6-13-15(7-14(11)17)18-10-19-16(13)20-5-3-4-12(8-20)9-23(2,21)22/h6-7,10,12H,3-5,8-9H2,1-2H3. The molecule has 1 aliphatic heterocycles. The highest BCUT2D eigenvalue weighted by atomic mass is 32.2. The SMILES string of the molecule is Cc1cc2c(N3CCCC(CS(C)(=O)=O)C3)ncnc2cc1F. The van der Waals surface area contributed by atoms with Gasteiger partial charge in [-0.1, -0.05) is 0 Å². The summed E-state index contributed by atoms with van der Waals surface area (Å²) >= 11 is 0. The van der Waals surface area contributed by atoms with Gasteiger partial charge in [-0.15, -0.1) is 0 Å². The Kier molecular flexibility index (Phi) is 4.23. The van der Waals surface area contributed by atoms with Crippen molar-refractivity contribution in [1.82, 2.24) is 9.97 Å². The molecule has 0 spiro atoms. The van der Waals surface area contributed by atoms with Crippen molar-refractivity contribution in [2.45, 2.75) is 19.8 Å². The Labute approximate surface area is 135 Å². The first-order chi connectivity index (χ1) is 10.8. The van der Waals surface area contributed by atoms with Crippen LogP contribution in [-0.4, -0.2) is 43.5 Å². The van der Waals surface area contributed by atoms with E-state index in [2.05, 4.69) is 14.9 Å². The molecule has 7 heteroatoms. The van der Waals surface area contributed by atoms with Crippen molar-refractivity contribution in [3.8, 4) is 0 Å². The third-order valence-corrected chi connectivity index (χ3v) is 5.33. The Hall–Kier alpha value is -1.76. The summed E-state index contributed by atoms with van der Waals surface area (Å²) < 4.78 is 36.8. The Morgan fingerprint density at radius 3 is 2.87 bits per heavy atom. The minimum atomic E-state index is -2.99. The van der Waals surface area contributed by atoms with Crippen LogP contribution in [0.25, 0.3) is 10.9 Å². The van der Waals surface area contributed by atoms with Crippen LogP contribution in [-0.2, 0) is 9.84 Å². The number of anilines is 1. The van der Waals surface area contributed by atoms with Crippen molar-refractivity contribution in [3.05, 3.63) is 29.8 Å². The highest BCUT2D eigenvalue weighted by Crippen LogP contribution is 2.29. The van der Waals surface area contributed by atoms with Crippen LogP contribution in [0.15, 0.2) is 18.5 Å². The molecule has 1 atom stereocenters. The molecule has 124 valence electrons. The number of benzene rings is 1. The lowest BCUT2D eigenvalue weighted by Crippen LogP contribution is -2.38. The number of aryl methyl sites for hydroxylation is 1. The highest BCUT2D eigenvalue weighted by molar-refractivity contribution is 7.90. The molecule has 1 aromatic heterocycles. The van der Waals surface area contributed by atoms with Gasteiger partial charge in [-0.25, -0.2) is 22.8 Å². The monoisotopic (exact) mass is 337 g/mol. The van der Waals surface area contributed by atoms with Gasteiger partial charge in [0, 0.05) is 30.8 Å². The Balaban J connectivity index is 1.95. The summed E-state index contributed by atoms with van der Waals surface area (Å²) in [6.45, 7) is 3.19. The van der Waals surface area contributed by atoms with Crippen molar-refractivity contribution in [1.29, 1.82) is 0 Å². The lowest BCUT2D eigenvalue weighted by atomic mass is 9.99. The van der Waals surface area contributed by atoms with Crippen molar-refractivity contribution in [3.63, 3.8) is 0 Å². The fourth-order valence-electron chi connectivity index (χ4n) is 3.25. The zero-order chi connectivity index (χ0) is 16.6. The van der Waals surface area contributed by atoms with Gasteiger partial charge >= 0.3 is 0 Å². The van der Waals surface area contributed by atoms with E-state index in [9.17, 15) is 12.8 Å². The maximum absolute atomic E-state index is 13.7. The average molecular weight is 337 g/mol. The Bertz CT molecular complexity index is 839. The molecule has 0 aliphatic carbocycles. The van der Waals surface area contributed by atoms with Gasteiger partial charge in [-0.2, -0.15) is 0 Å². The summed E-state index contributed by atoms with van der Waals surface area (Å²) in [5, 5.41) is 0.811. The topological polar surface area (TPSA) is 63.2 Å². The first-order valence-electron chi connectivity index (χ1n) is 7.67. The van der Waals surface area contributed by atoms with Gasteiger partial charge in [-0.05, 0) is 37.3 Å². The van der Waals surface area contributed by atoms with E-state index in [1.54, 1.807) is 13.0 Å². The zero-order valence-electron chi connectivity index (χ0n) is 13.3. The van der Waals surface area contributed by atoms with Gasteiger partial charge in [0.1, 0.15) is 27.8 Å². The van der Waals surface area contributed by atoms with Crippen LogP contribution in [0.2, 0.25) is 0 Å². The van der Waals surface area contributed by atoms with Crippen LogP contribution >= 0.6 is 0 Å². The molecule has 1 fully saturated rings. The second-order valence-electron chi connectivity index (χ2n) is 6.36. The van der Waals surface area contributed by atoms with Gasteiger partial charge < -0.3 is 4.90 Å². The first-order valence-corrected chi connectivity index (χ1v) is 9.73. The molecule has 2 aromatic rings. The molecule has 1 aromatic carbocycles. The molecule has 0 radical (unpaired) electrons. The number of fused-ring (bicyclic) bond motifs is 1. The second-order valence-corrected chi connectivity index (χ2v) is 8.55. The number of piperidine rings is 1. The maximum Gasteiger partial charge on any atom is 0.147 e. The highest BCUT2D eigenvalue weighted by Gasteiger charge is 2.25. The van der Waals surface area contributed by atoms with Gasteiger partial charge in [0.2, 0.25) is 0 Å². The Morgan fingerprint density at radius 1 is 1.35 bits per heavy atom. The van der Waals surface area contributed by atoms with Crippen LogP contribution in [0.5, 0.6) is 0 Å². The number of halogens is 1. The van der Waals surface area contributed by atoms with E-state index in [4.69, 9.17) is 0 Å². The van der Waals surface area contributed by atoms with Crippen molar-refractivity contribution >= 4 is 26.6 Å². The van der Waals surface area contributed by atoms with Crippen molar-refractivity contribution < 1.29 is 12.8 Å². The Morgan fingerprint density at radius 2 is 2.13 bits per heavy atom. The van der Waals surface area contributed by atoms with E-state index in [0.717, 1.165) is 30.6 Å². The normalized spacial score (nSPS) is 19.3. The summed E-state index contributed by atoms with van der Waals surface area (Å²) in [5.41, 5.74) is 1.13. The third kappa shape index (κ3) is 3.60. The quantitative estimate of drug-likeness (QED) is 0.860. The summed E-state index contributed by atoms with van der Waals surface area (Å²) in [7, 11) is -2.99.